The fourth-order valence-corrected chi connectivity index (χ4v) is 1.67. The van der Waals surface area contributed by atoms with Crippen molar-refractivity contribution in [3.8, 4) is 5.75 Å². The normalized spacial score (nSPS) is 9.89. The van der Waals surface area contributed by atoms with E-state index in [0.29, 0.717) is 24.2 Å². The van der Waals surface area contributed by atoms with Gasteiger partial charge in [-0.3, -0.25) is 4.79 Å². The molecule has 3 heteroatoms. The molecule has 0 radical (unpaired) electrons. The van der Waals surface area contributed by atoms with E-state index in [4.69, 9.17) is 4.74 Å². The average Bonchev–Trinajstić information content (AvgIpc) is 2.47. The Hall–Kier alpha value is -2.42. The number of hydrogen-bond donors (Lipinski definition) is 0. The molecule has 0 saturated heterocycles. The standard InChI is InChI=1S/C16H14O3/c17-11-10-16(18)14-6-8-15(9-7-14)19-12-13-4-2-1-3-5-13/h1-9,11H,10,12H2. The molecule has 0 aliphatic heterocycles. The Bertz CT molecular complexity index is 544. The summed E-state index contributed by atoms with van der Waals surface area (Å²) in [6, 6.07) is 16.7. The van der Waals surface area contributed by atoms with Gasteiger partial charge in [-0.25, -0.2) is 0 Å². The van der Waals surface area contributed by atoms with Crippen LogP contribution in [-0.2, 0) is 11.4 Å². The largest absolute Gasteiger partial charge is 0.489 e. The van der Waals surface area contributed by atoms with Gasteiger partial charge >= 0.3 is 0 Å². The molecule has 0 aliphatic rings. The molecule has 3 nitrogen and oxygen atoms in total. The number of benzene rings is 2. The molecule has 0 N–H and O–H groups in total. The van der Waals surface area contributed by atoms with Gasteiger partial charge in [0.2, 0.25) is 0 Å². The molecule has 0 saturated carbocycles. The molecule has 0 spiro atoms. The molecule has 0 fully saturated rings. The number of carbonyl (C=O) groups is 2. The summed E-state index contributed by atoms with van der Waals surface area (Å²) in [5.41, 5.74) is 1.61. The molecule has 0 amide bonds. The van der Waals surface area contributed by atoms with Crippen molar-refractivity contribution < 1.29 is 14.3 Å². The van der Waals surface area contributed by atoms with Crippen LogP contribution in [0, 0.1) is 0 Å². The number of hydrogen-bond acceptors (Lipinski definition) is 3. The van der Waals surface area contributed by atoms with Gasteiger partial charge in [0.25, 0.3) is 0 Å². The molecule has 0 heterocycles. The average molecular weight is 254 g/mol. The number of ether oxygens (including phenoxy) is 1. The van der Waals surface area contributed by atoms with Gasteiger partial charge in [0.05, 0.1) is 6.42 Å². The van der Waals surface area contributed by atoms with Crippen LogP contribution in [0.1, 0.15) is 22.3 Å². The highest BCUT2D eigenvalue weighted by Crippen LogP contribution is 2.15. The summed E-state index contributed by atoms with van der Waals surface area (Å²) >= 11 is 0. The Morgan fingerprint density at radius 1 is 1.00 bits per heavy atom. The van der Waals surface area contributed by atoms with E-state index in [1.54, 1.807) is 24.3 Å². The second-order valence-electron chi connectivity index (χ2n) is 4.09. The van der Waals surface area contributed by atoms with Crippen molar-refractivity contribution in [3.63, 3.8) is 0 Å². The zero-order valence-electron chi connectivity index (χ0n) is 10.4. The first-order chi connectivity index (χ1) is 9.29. The van der Waals surface area contributed by atoms with E-state index in [2.05, 4.69) is 0 Å². The van der Waals surface area contributed by atoms with Crippen molar-refractivity contribution in [2.24, 2.45) is 0 Å². The van der Waals surface area contributed by atoms with Crippen molar-refractivity contribution in [2.45, 2.75) is 13.0 Å². The number of Topliss-reactive ketones (excluding diaryl/α,β-unsaturated/α-hetero) is 1. The molecule has 96 valence electrons. The zero-order valence-corrected chi connectivity index (χ0v) is 10.4. The minimum absolute atomic E-state index is 0.0791. The van der Waals surface area contributed by atoms with Crippen LogP contribution in [0.15, 0.2) is 54.6 Å². The van der Waals surface area contributed by atoms with Crippen LogP contribution in [0.25, 0.3) is 0 Å². The Kier molecular flexibility index (Phi) is 4.45. The number of carbonyl (C=O) groups excluding carboxylic acids is 2. The molecule has 2 rings (SSSR count). The third-order valence-corrected chi connectivity index (χ3v) is 2.69. The monoisotopic (exact) mass is 254 g/mol. The fraction of sp³-hybridized carbons (Fsp3) is 0.125. The van der Waals surface area contributed by atoms with Crippen LogP contribution in [-0.4, -0.2) is 12.1 Å². The third-order valence-electron chi connectivity index (χ3n) is 2.69. The quantitative estimate of drug-likeness (QED) is 0.452. The van der Waals surface area contributed by atoms with Gasteiger partial charge < -0.3 is 9.53 Å². The van der Waals surface area contributed by atoms with Crippen LogP contribution in [0.4, 0.5) is 0 Å². The molecule has 2 aromatic carbocycles. The van der Waals surface area contributed by atoms with Crippen molar-refractivity contribution >= 4 is 12.1 Å². The predicted molar refractivity (Wildman–Crippen MR) is 72.2 cm³/mol. The molecule has 19 heavy (non-hydrogen) atoms. The predicted octanol–water partition coefficient (Wildman–Crippen LogP) is 3.04. The van der Waals surface area contributed by atoms with Gasteiger partial charge in [0.15, 0.2) is 5.78 Å². The van der Waals surface area contributed by atoms with Crippen LogP contribution in [0.2, 0.25) is 0 Å². The summed E-state index contributed by atoms with van der Waals surface area (Å²) in [5.74, 6) is 0.524. The van der Waals surface area contributed by atoms with E-state index < -0.39 is 0 Å². The Morgan fingerprint density at radius 2 is 1.68 bits per heavy atom. The molecule has 2 aromatic rings. The van der Waals surface area contributed by atoms with Crippen LogP contribution in [0.5, 0.6) is 5.75 Å². The van der Waals surface area contributed by atoms with Gasteiger partial charge in [0.1, 0.15) is 18.6 Å². The SMILES string of the molecule is O=CCC(=O)c1ccc(OCc2ccccc2)cc1. The lowest BCUT2D eigenvalue weighted by Gasteiger charge is -2.06. The first kappa shape index (κ1) is 13.0. The van der Waals surface area contributed by atoms with Crippen molar-refractivity contribution in [1.82, 2.24) is 0 Å². The molecule has 0 atom stereocenters. The van der Waals surface area contributed by atoms with E-state index in [0.717, 1.165) is 5.56 Å². The zero-order chi connectivity index (χ0) is 13.5. The van der Waals surface area contributed by atoms with E-state index in [1.807, 2.05) is 30.3 Å². The fourth-order valence-electron chi connectivity index (χ4n) is 1.67. The van der Waals surface area contributed by atoms with Crippen LogP contribution < -0.4 is 4.74 Å². The minimum atomic E-state index is -0.176. The highest BCUT2D eigenvalue weighted by molar-refractivity contribution is 6.02. The van der Waals surface area contributed by atoms with E-state index in [9.17, 15) is 9.59 Å². The number of aldehydes is 1. The maximum Gasteiger partial charge on any atom is 0.169 e. The second kappa shape index (κ2) is 6.50. The highest BCUT2D eigenvalue weighted by Gasteiger charge is 2.04. The second-order valence-corrected chi connectivity index (χ2v) is 4.09. The molecule has 0 aliphatic carbocycles. The summed E-state index contributed by atoms with van der Waals surface area (Å²) in [5, 5.41) is 0. The Labute approximate surface area is 111 Å². The summed E-state index contributed by atoms with van der Waals surface area (Å²) < 4.78 is 5.61. The van der Waals surface area contributed by atoms with E-state index in [-0.39, 0.29) is 12.2 Å². The van der Waals surface area contributed by atoms with Gasteiger partial charge in [-0.2, -0.15) is 0 Å². The molecule has 0 bridgehead atoms. The first-order valence-electron chi connectivity index (χ1n) is 6.03. The Balaban J connectivity index is 1.95. The summed E-state index contributed by atoms with van der Waals surface area (Å²) in [6.07, 6.45) is 0.534. The van der Waals surface area contributed by atoms with E-state index in [1.165, 1.54) is 0 Å². The number of ketones is 1. The topological polar surface area (TPSA) is 43.4 Å². The maximum atomic E-state index is 11.5. The van der Waals surface area contributed by atoms with Gasteiger partial charge in [-0.1, -0.05) is 30.3 Å². The molecule has 0 aromatic heterocycles. The lowest BCUT2D eigenvalue weighted by atomic mass is 10.1. The molecule has 0 unspecified atom stereocenters. The molecular weight excluding hydrogens is 240 g/mol. The summed E-state index contributed by atoms with van der Waals surface area (Å²) in [7, 11) is 0. The van der Waals surface area contributed by atoms with Crippen LogP contribution >= 0.6 is 0 Å². The lowest BCUT2D eigenvalue weighted by molar-refractivity contribution is -0.107. The van der Waals surface area contributed by atoms with Gasteiger partial charge in [-0.15, -0.1) is 0 Å². The van der Waals surface area contributed by atoms with E-state index >= 15 is 0 Å². The maximum absolute atomic E-state index is 11.5. The molecular formula is C16H14O3. The van der Waals surface area contributed by atoms with Crippen molar-refractivity contribution in [1.29, 1.82) is 0 Å². The number of rotatable bonds is 6. The Morgan fingerprint density at radius 3 is 2.32 bits per heavy atom. The third kappa shape index (κ3) is 3.78. The van der Waals surface area contributed by atoms with Gasteiger partial charge in [-0.05, 0) is 29.8 Å². The first-order valence-corrected chi connectivity index (χ1v) is 6.03. The highest BCUT2D eigenvalue weighted by atomic mass is 16.5. The minimum Gasteiger partial charge on any atom is -0.489 e. The van der Waals surface area contributed by atoms with Crippen molar-refractivity contribution in [2.75, 3.05) is 0 Å². The summed E-state index contributed by atoms with van der Waals surface area (Å²) in [6.45, 7) is 0.489. The van der Waals surface area contributed by atoms with Crippen LogP contribution in [0.3, 0.4) is 0 Å². The smallest absolute Gasteiger partial charge is 0.169 e. The van der Waals surface area contributed by atoms with Crippen molar-refractivity contribution in [3.05, 3.63) is 65.7 Å². The van der Waals surface area contributed by atoms with Gasteiger partial charge in [0, 0.05) is 5.56 Å². The summed E-state index contributed by atoms with van der Waals surface area (Å²) in [4.78, 5) is 21.7. The lowest BCUT2D eigenvalue weighted by Crippen LogP contribution is -2.00.